The third-order valence-electron chi connectivity index (χ3n) is 5.92. The molecule has 1 amide bonds. The summed E-state index contributed by atoms with van der Waals surface area (Å²) in [5.74, 6) is -0.279. The molecule has 0 aliphatic carbocycles. The Kier molecular flexibility index (Phi) is 5.98. The van der Waals surface area contributed by atoms with Crippen LogP contribution in [0, 0.1) is 0 Å². The Balaban J connectivity index is 1.51. The van der Waals surface area contributed by atoms with Crippen LogP contribution in [0.25, 0.3) is 0 Å². The third kappa shape index (κ3) is 4.30. The second-order valence-electron chi connectivity index (χ2n) is 8.31. The summed E-state index contributed by atoms with van der Waals surface area (Å²) in [5, 5.41) is 3.55. The van der Waals surface area contributed by atoms with Crippen molar-refractivity contribution in [2.24, 2.45) is 5.73 Å². The number of rotatable bonds is 8. The zero-order valence-corrected chi connectivity index (χ0v) is 17.4. The van der Waals surface area contributed by atoms with Crippen molar-refractivity contribution in [1.82, 2.24) is 10.2 Å². The Labute approximate surface area is 178 Å². The Morgan fingerprint density at radius 1 is 0.900 bits per heavy atom. The first-order valence-corrected chi connectivity index (χ1v) is 10.5. The molecule has 4 nitrogen and oxygen atoms in total. The van der Waals surface area contributed by atoms with Gasteiger partial charge >= 0.3 is 0 Å². The van der Waals surface area contributed by atoms with E-state index in [1.54, 1.807) is 0 Å². The summed E-state index contributed by atoms with van der Waals surface area (Å²) in [6.45, 7) is 3.30. The molecule has 4 rings (SSSR count). The lowest BCUT2D eigenvalue weighted by Crippen LogP contribution is -2.76. The molecule has 0 bridgehead atoms. The number of likely N-dealkylation sites (tertiary alicyclic amines) is 1. The molecule has 4 heteroatoms. The average Bonchev–Trinajstić information content (AvgIpc) is 2.74. The SMILES string of the molecule is CC(Cc1ccccc1)NC1(C(N)=O)CN(C(c2ccccc2)c2ccccc2)C1. The fourth-order valence-corrected chi connectivity index (χ4v) is 4.52. The van der Waals surface area contributed by atoms with Crippen molar-refractivity contribution in [3.05, 3.63) is 108 Å². The Bertz CT molecular complexity index is 914. The van der Waals surface area contributed by atoms with Gasteiger partial charge < -0.3 is 5.73 Å². The van der Waals surface area contributed by atoms with Crippen LogP contribution in [0.15, 0.2) is 91.0 Å². The number of hydrogen-bond donors (Lipinski definition) is 2. The van der Waals surface area contributed by atoms with E-state index in [9.17, 15) is 4.79 Å². The standard InChI is InChI=1S/C26H29N3O/c1-20(17-21-11-5-2-6-12-21)28-26(25(27)30)18-29(19-26)24(22-13-7-3-8-14-22)23-15-9-4-10-16-23/h2-16,20,24,28H,17-19H2,1H3,(H2,27,30). The molecule has 1 atom stereocenters. The zero-order valence-electron chi connectivity index (χ0n) is 17.4. The van der Waals surface area contributed by atoms with Gasteiger partial charge in [-0.05, 0) is 30.0 Å². The monoisotopic (exact) mass is 399 g/mol. The highest BCUT2D eigenvalue weighted by atomic mass is 16.1. The van der Waals surface area contributed by atoms with Crippen LogP contribution in [0.1, 0.15) is 29.7 Å². The predicted molar refractivity (Wildman–Crippen MR) is 121 cm³/mol. The average molecular weight is 400 g/mol. The maximum Gasteiger partial charge on any atom is 0.240 e. The van der Waals surface area contributed by atoms with Crippen molar-refractivity contribution >= 4 is 5.91 Å². The molecule has 0 radical (unpaired) electrons. The van der Waals surface area contributed by atoms with Crippen molar-refractivity contribution in [2.45, 2.75) is 31.0 Å². The van der Waals surface area contributed by atoms with Crippen LogP contribution in [0.2, 0.25) is 0 Å². The Hall–Kier alpha value is -2.95. The quantitative estimate of drug-likeness (QED) is 0.609. The van der Waals surface area contributed by atoms with Gasteiger partial charge in [-0.3, -0.25) is 15.0 Å². The van der Waals surface area contributed by atoms with Gasteiger partial charge in [-0.25, -0.2) is 0 Å². The van der Waals surface area contributed by atoms with E-state index >= 15 is 0 Å². The van der Waals surface area contributed by atoms with Gasteiger partial charge in [0.05, 0.1) is 6.04 Å². The second kappa shape index (κ2) is 8.82. The van der Waals surface area contributed by atoms with Crippen LogP contribution in [0.3, 0.4) is 0 Å². The molecule has 1 heterocycles. The minimum atomic E-state index is -0.698. The first-order valence-electron chi connectivity index (χ1n) is 10.5. The van der Waals surface area contributed by atoms with Crippen molar-refractivity contribution in [3.63, 3.8) is 0 Å². The molecular weight excluding hydrogens is 370 g/mol. The Morgan fingerprint density at radius 3 is 1.83 bits per heavy atom. The highest BCUT2D eigenvalue weighted by molar-refractivity contribution is 5.86. The molecule has 1 aliphatic heterocycles. The van der Waals surface area contributed by atoms with E-state index in [1.807, 2.05) is 30.3 Å². The molecule has 1 aliphatic rings. The van der Waals surface area contributed by atoms with Crippen LogP contribution in [0.4, 0.5) is 0 Å². The summed E-state index contributed by atoms with van der Waals surface area (Å²) in [6, 6.07) is 31.5. The number of nitrogens with two attached hydrogens (primary N) is 1. The molecule has 154 valence electrons. The van der Waals surface area contributed by atoms with Gasteiger partial charge in [0.1, 0.15) is 5.54 Å². The summed E-state index contributed by atoms with van der Waals surface area (Å²) in [5.41, 5.74) is 8.88. The van der Waals surface area contributed by atoms with Crippen LogP contribution in [0.5, 0.6) is 0 Å². The smallest absolute Gasteiger partial charge is 0.240 e. The van der Waals surface area contributed by atoms with E-state index in [1.165, 1.54) is 16.7 Å². The predicted octanol–water partition coefficient (Wildman–Crippen LogP) is 3.54. The summed E-state index contributed by atoms with van der Waals surface area (Å²) in [6.07, 6.45) is 0.858. The minimum absolute atomic E-state index is 0.103. The lowest BCUT2D eigenvalue weighted by Gasteiger charge is -2.53. The molecule has 3 N–H and O–H groups in total. The number of primary amides is 1. The van der Waals surface area contributed by atoms with Gasteiger partial charge in [0.2, 0.25) is 5.91 Å². The van der Waals surface area contributed by atoms with Gasteiger partial charge in [-0.2, -0.15) is 0 Å². The normalized spacial score (nSPS) is 16.7. The van der Waals surface area contributed by atoms with Crippen molar-refractivity contribution < 1.29 is 4.79 Å². The minimum Gasteiger partial charge on any atom is -0.368 e. The maximum absolute atomic E-state index is 12.5. The fourth-order valence-electron chi connectivity index (χ4n) is 4.52. The van der Waals surface area contributed by atoms with Crippen LogP contribution in [-0.2, 0) is 11.2 Å². The maximum atomic E-state index is 12.5. The summed E-state index contributed by atoms with van der Waals surface area (Å²) in [7, 11) is 0. The first-order chi connectivity index (χ1) is 14.6. The highest BCUT2D eigenvalue weighted by Crippen LogP contribution is 2.36. The van der Waals surface area contributed by atoms with Gasteiger partial charge in [-0.1, -0.05) is 91.0 Å². The number of carbonyl (C=O) groups is 1. The molecule has 1 fully saturated rings. The van der Waals surface area contributed by atoms with Crippen molar-refractivity contribution in [2.75, 3.05) is 13.1 Å². The Morgan fingerprint density at radius 2 is 1.37 bits per heavy atom. The number of carbonyl (C=O) groups excluding carboxylic acids is 1. The van der Waals surface area contributed by atoms with Gasteiger partial charge in [0.25, 0.3) is 0 Å². The van der Waals surface area contributed by atoms with Crippen LogP contribution < -0.4 is 11.1 Å². The summed E-state index contributed by atoms with van der Waals surface area (Å²) >= 11 is 0. The van der Waals surface area contributed by atoms with E-state index < -0.39 is 5.54 Å². The van der Waals surface area contributed by atoms with Gasteiger partial charge in [0, 0.05) is 19.1 Å². The molecule has 1 unspecified atom stereocenters. The third-order valence-corrected chi connectivity index (χ3v) is 5.92. The topological polar surface area (TPSA) is 58.4 Å². The molecule has 0 aromatic heterocycles. The van der Waals surface area contributed by atoms with Gasteiger partial charge in [-0.15, -0.1) is 0 Å². The number of hydrogen-bond acceptors (Lipinski definition) is 3. The lowest BCUT2D eigenvalue weighted by atomic mass is 9.83. The largest absolute Gasteiger partial charge is 0.368 e. The zero-order chi connectivity index (χ0) is 21.0. The number of nitrogens with one attached hydrogen (secondary N) is 1. The van der Waals surface area contributed by atoms with E-state index in [0.29, 0.717) is 13.1 Å². The summed E-state index contributed by atoms with van der Waals surface area (Å²) in [4.78, 5) is 14.8. The van der Waals surface area contributed by atoms with Gasteiger partial charge in [0.15, 0.2) is 0 Å². The molecule has 0 saturated carbocycles. The van der Waals surface area contributed by atoms with Crippen LogP contribution >= 0.6 is 0 Å². The lowest BCUT2D eigenvalue weighted by molar-refractivity contribution is -0.133. The molecule has 3 aromatic carbocycles. The molecule has 30 heavy (non-hydrogen) atoms. The first kappa shape index (κ1) is 20.3. The molecule has 3 aromatic rings. The number of benzene rings is 3. The van der Waals surface area contributed by atoms with E-state index in [4.69, 9.17) is 5.73 Å². The second-order valence-corrected chi connectivity index (χ2v) is 8.31. The van der Waals surface area contributed by atoms with E-state index in [2.05, 4.69) is 77.8 Å². The molecule has 0 spiro atoms. The molecular formula is C26H29N3O. The van der Waals surface area contributed by atoms with Crippen molar-refractivity contribution in [1.29, 1.82) is 0 Å². The number of amides is 1. The van der Waals surface area contributed by atoms with Crippen LogP contribution in [-0.4, -0.2) is 35.5 Å². The van der Waals surface area contributed by atoms with E-state index in [0.717, 1.165) is 6.42 Å². The van der Waals surface area contributed by atoms with E-state index in [-0.39, 0.29) is 18.0 Å². The fraction of sp³-hybridized carbons (Fsp3) is 0.269. The molecule has 1 saturated heterocycles. The summed E-state index contributed by atoms with van der Waals surface area (Å²) < 4.78 is 0. The van der Waals surface area contributed by atoms with Crippen molar-refractivity contribution in [3.8, 4) is 0 Å². The highest BCUT2D eigenvalue weighted by Gasteiger charge is 2.51. The number of nitrogens with zero attached hydrogens (tertiary/aromatic N) is 1.